The lowest BCUT2D eigenvalue weighted by Crippen LogP contribution is -2.32. The van der Waals surface area contributed by atoms with Gasteiger partial charge in [-0.1, -0.05) is 18.2 Å². The largest absolute Gasteiger partial charge is 0.508 e. The molecule has 0 bridgehead atoms. The minimum Gasteiger partial charge on any atom is -0.508 e. The number of hydrogen-bond donors (Lipinski definition) is 3. The van der Waals surface area contributed by atoms with E-state index in [1.165, 1.54) is 48.7 Å². The summed E-state index contributed by atoms with van der Waals surface area (Å²) < 4.78 is 0. The number of phenols is 1. The molecule has 32 heavy (non-hydrogen) atoms. The van der Waals surface area contributed by atoms with Crippen LogP contribution in [0.2, 0.25) is 0 Å². The van der Waals surface area contributed by atoms with Crippen LogP contribution in [0, 0.1) is 10.1 Å². The first-order valence-electron chi connectivity index (χ1n) is 9.37. The van der Waals surface area contributed by atoms with Crippen molar-refractivity contribution in [2.75, 3.05) is 0 Å². The molecule has 9 nitrogen and oxygen atoms in total. The lowest BCUT2D eigenvalue weighted by atomic mass is 10.1. The standard InChI is InChI=1S/C23H18N4O5/c28-20-12-8-17(9-13-20)15-24-26-23(30)21(25-22(29)18-4-2-1-3-5-18)14-16-6-10-19(11-7-16)27(31)32/h1-15,28H,(H,25,29)(H,26,30)/b21-14?,24-15+. The minimum atomic E-state index is -0.692. The topological polar surface area (TPSA) is 134 Å². The van der Waals surface area contributed by atoms with Crippen molar-refractivity contribution in [3.8, 4) is 5.75 Å². The molecule has 3 rings (SSSR count). The number of amides is 2. The molecule has 0 spiro atoms. The van der Waals surface area contributed by atoms with E-state index in [0.717, 1.165) is 0 Å². The van der Waals surface area contributed by atoms with Crippen LogP contribution in [0.25, 0.3) is 6.08 Å². The van der Waals surface area contributed by atoms with Gasteiger partial charge in [-0.3, -0.25) is 19.7 Å². The highest BCUT2D eigenvalue weighted by Gasteiger charge is 2.14. The summed E-state index contributed by atoms with van der Waals surface area (Å²) in [6.07, 6.45) is 2.76. The number of phenolic OH excluding ortho intramolecular Hbond substituents is 1. The molecule has 0 aliphatic heterocycles. The number of benzene rings is 3. The fourth-order valence-corrected chi connectivity index (χ4v) is 2.59. The van der Waals surface area contributed by atoms with Gasteiger partial charge in [-0.25, -0.2) is 5.43 Å². The highest BCUT2D eigenvalue weighted by Crippen LogP contribution is 2.14. The summed E-state index contributed by atoms with van der Waals surface area (Å²) in [6, 6.07) is 20.0. The van der Waals surface area contributed by atoms with Crippen molar-refractivity contribution in [1.82, 2.24) is 10.7 Å². The van der Waals surface area contributed by atoms with Crippen molar-refractivity contribution in [1.29, 1.82) is 0 Å². The first-order valence-corrected chi connectivity index (χ1v) is 9.37. The van der Waals surface area contributed by atoms with Gasteiger partial charge in [0.15, 0.2) is 0 Å². The van der Waals surface area contributed by atoms with Gasteiger partial charge in [-0.2, -0.15) is 5.10 Å². The predicted molar refractivity (Wildman–Crippen MR) is 119 cm³/mol. The number of hydrazone groups is 1. The molecule has 0 saturated heterocycles. The Morgan fingerprint density at radius 2 is 1.53 bits per heavy atom. The zero-order chi connectivity index (χ0) is 22.9. The molecule has 0 fully saturated rings. The zero-order valence-corrected chi connectivity index (χ0v) is 16.6. The van der Waals surface area contributed by atoms with Gasteiger partial charge in [0.25, 0.3) is 17.5 Å². The molecule has 0 saturated carbocycles. The van der Waals surface area contributed by atoms with Gasteiger partial charge in [0.05, 0.1) is 11.1 Å². The van der Waals surface area contributed by atoms with Gasteiger partial charge < -0.3 is 10.4 Å². The summed E-state index contributed by atoms with van der Waals surface area (Å²) >= 11 is 0. The molecule has 0 heterocycles. The number of aromatic hydroxyl groups is 1. The Bertz CT molecular complexity index is 1170. The molecule has 2 amide bonds. The molecular formula is C23H18N4O5. The van der Waals surface area contributed by atoms with Gasteiger partial charge in [0.1, 0.15) is 11.4 Å². The number of nitro benzene ring substituents is 1. The monoisotopic (exact) mass is 430 g/mol. The summed E-state index contributed by atoms with van der Waals surface area (Å²) in [7, 11) is 0. The molecular weight excluding hydrogens is 412 g/mol. The third-order valence-corrected chi connectivity index (χ3v) is 4.22. The molecule has 0 aliphatic rings. The van der Waals surface area contributed by atoms with Crippen LogP contribution in [-0.4, -0.2) is 28.1 Å². The van der Waals surface area contributed by atoms with Crippen molar-refractivity contribution >= 4 is 29.8 Å². The van der Waals surface area contributed by atoms with Crippen molar-refractivity contribution in [2.45, 2.75) is 0 Å². The maximum absolute atomic E-state index is 12.7. The predicted octanol–water partition coefficient (Wildman–Crippen LogP) is 3.22. The Balaban J connectivity index is 1.81. The Hall–Kier alpha value is -4.79. The molecule has 3 aromatic carbocycles. The van der Waals surface area contributed by atoms with E-state index in [-0.39, 0.29) is 17.1 Å². The Morgan fingerprint density at radius 1 is 0.906 bits per heavy atom. The normalized spacial score (nSPS) is 11.2. The van der Waals surface area contributed by atoms with E-state index in [2.05, 4.69) is 15.8 Å². The first-order chi connectivity index (χ1) is 15.4. The number of hydrogen-bond acceptors (Lipinski definition) is 6. The Morgan fingerprint density at radius 3 is 2.16 bits per heavy atom. The van der Waals surface area contributed by atoms with E-state index in [0.29, 0.717) is 16.7 Å². The van der Waals surface area contributed by atoms with Crippen molar-refractivity contribution in [3.63, 3.8) is 0 Å². The van der Waals surface area contributed by atoms with Gasteiger partial charge in [-0.05, 0) is 65.7 Å². The summed E-state index contributed by atoms with van der Waals surface area (Å²) in [6.45, 7) is 0. The molecule has 9 heteroatoms. The molecule has 0 atom stereocenters. The number of carbonyl (C=O) groups excluding carboxylic acids is 2. The fraction of sp³-hybridized carbons (Fsp3) is 0. The van der Waals surface area contributed by atoms with E-state index in [4.69, 9.17) is 0 Å². The van der Waals surface area contributed by atoms with E-state index in [1.54, 1.807) is 42.5 Å². The number of nitrogens with zero attached hydrogens (tertiary/aromatic N) is 2. The third kappa shape index (κ3) is 6.10. The molecule has 0 radical (unpaired) electrons. The average Bonchev–Trinajstić information content (AvgIpc) is 2.80. The maximum Gasteiger partial charge on any atom is 0.287 e. The number of non-ortho nitro benzene ring substituents is 1. The zero-order valence-electron chi connectivity index (χ0n) is 16.6. The second-order valence-electron chi connectivity index (χ2n) is 6.52. The van der Waals surface area contributed by atoms with E-state index in [1.807, 2.05) is 0 Å². The Labute approximate surface area is 182 Å². The van der Waals surface area contributed by atoms with E-state index in [9.17, 15) is 24.8 Å². The highest BCUT2D eigenvalue weighted by molar-refractivity contribution is 6.05. The van der Waals surface area contributed by atoms with Crippen molar-refractivity contribution in [3.05, 3.63) is 111 Å². The molecule has 160 valence electrons. The third-order valence-electron chi connectivity index (χ3n) is 4.22. The first kappa shape index (κ1) is 21.9. The summed E-state index contributed by atoms with van der Waals surface area (Å²) in [5.41, 5.74) is 3.59. The summed E-state index contributed by atoms with van der Waals surface area (Å²) in [5.74, 6) is -1.10. The second-order valence-corrected chi connectivity index (χ2v) is 6.52. The highest BCUT2D eigenvalue weighted by atomic mass is 16.6. The van der Waals surface area contributed by atoms with Crippen LogP contribution in [0.3, 0.4) is 0 Å². The van der Waals surface area contributed by atoms with E-state index < -0.39 is 16.7 Å². The van der Waals surface area contributed by atoms with Crippen LogP contribution in [0.4, 0.5) is 5.69 Å². The number of nitrogens with one attached hydrogen (secondary N) is 2. The van der Waals surface area contributed by atoms with Gasteiger partial charge in [-0.15, -0.1) is 0 Å². The molecule has 3 aromatic rings. The maximum atomic E-state index is 12.7. The molecule has 3 N–H and O–H groups in total. The minimum absolute atomic E-state index is 0.0972. The summed E-state index contributed by atoms with van der Waals surface area (Å²) in [5, 5.41) is 26.6. The van der Waals surface area contributed by atoms with Crippen LogP contribution >= 0.6 is 0 Å². The SMILES string of the molecule is O=C(N/N=C/c1ccc(O)cc1)C(=Cc1ccc([N+](=O)[O-])cc1)NC(=O)c1ccccc1. The summed E-state index contributed by atoms with van der Waals surface area (Å²) in [4.78, 5) is 35.5. The van der Waals surface area contributed by atoms with Crippen LogP contribution in [0.1, 0.15) is 21.5 Å². The molecule has 0 aliphatic carbocycles. The van der Waals surface area contributed by atoms with Gasteiger partial charge >= 0.3 is 0 Å². The smallest absolute Gasteiger partial charge is 0.287 e. The quantitative estimate of drug-likeness (QED) is 0.229. The molecule has 0 unspecified atom stereocenters. The number of nitro groups is 1. The van der Waals surface area contributed by atoms with Crippen LogP contribution in [0.5, 0.6) is 5.75 Å². The number of rotatable bonds is 7. The molecule has 0 aromatic heterocycles. The second kappa shape index (κ2) is 10.3. The van der Waals surface area contributed by atoms with Crippen molar-refractivity contribution in [2.24, 2.45) is 5.10 Å². The van der Waals surface area contributed by atoms with Gasteiger partial charge in [0, 0.05) is 17.7 Å². The van der Waals surface area contributed by atoms with Crippen LogP contribution in [-0.2, 0) is 4.79 Å². The lowest BCUT2D eigenvalue weighted by Gasteiger charge is -2.09. The number of carbonyl (C=O) groups is 2. The van der Waals surface area contributed by atoms with Crippen molar-refractivity contribution < 1.29 is 19.6 Å². The average molecular weight is 430 g/mol. The fourth-order valence-electron chi connectivity index (χ4n) is 2.59. The van der Waals surface area contributed by atoms with Crippen LogP contribution in [0.15, 0.2) is 89.7 Å². The Kier molecular flexibility index (Phi) is 7.05. The van der Waals surface area contributed by atoms with E-state index >= 15 is 0 Å². The lowest BCUT2D eigenvalue weighted by molar-refractivity contribution is -0.384. The van der Waals surface area contributed by atoms with Crippen LogP contribution < -0.4 is 10.7 Å². The van der Waals surface area contributed by atoms with Gasteiger partial charge in [0.2, 0.25) is 0 Å².